The molecule has 0 saturated carbocycles. The van der Waals surface area contributed by atoms with Crippen LogP contribution < -0.4 is 11.1 Å². The van der Waals surface area contributed by atoms with Crippen LogP contribution in [0.4, 0.5) is 11.5 Å². The van der Waals surface area contributed by atoms with E-state index in [-0.39, 0.29) is 5.15 Å². The van der Waals surface area contributed by atoms with Crippen LogP contribution in [-0.4, -0.2) is 15.1 Å². The summed E-state index contributed by atoms with van der Waals surface area (Å²) in [5.74, 6) is 1.16. The lowest BCUT2D eigenvalue weighted by Gasteiger charge is -2.06. The largest absolute Gasteiger partial charge is 0.393 e. The van der Waals surface area contributed by atoms with E-state index in [0.29, 0.717) is 23.8 Å². The lowest BCUT2D eigenvalue weighted by atomic mass is 10.4. The van der Waals surface area contributed by atoms with Gasteiger partial charge in [0.1, 0.15) is 12.0 Å². The van der Waals surface area contributed by atoms with Crippen molar-refractivity contribution in [3.05, 3.63) is 29.5 Å². The summed E-state index contributed by atoms with van der Waals surface area (Å²) in [5.41, 5.74) is 5.97. The Morgan fingerprint density at radius 2 is 2.33 bits per heavy atom. The third kappa shape index (κ3) is 2.16. The van der Waals surface area contributed by atoms with Gasteiger partial charge in [-0.1, -0.05) is 16.8 Å². The number of anilines is 2. The molecule has 0 saturated heterocycles. The maximum absolute atomic E-state index is 5.72. The number of nitrogens with one attached hydrogen (secondary N) is 1. The van der Waals surface area contributed by atoms with Gasteiger partial charge in [0.05, 0.1) is 12.7 Å². The van der Waals surface area contributed by atoms with Gasteiger partial charge in [-0.15, -0.1) is 0 Å². The van der Waals surface area contributed by atoms with Crippen LogP contribution in [0.2, 0.25) is 5.15 Å². The molecule has 2 aromatic rings. The van der Waals surface area contributed by atoms with Crippen molar-refractivity contribution in [3.63, 3.8) is 0 Å². The third-order valence-corrected chi connectivity index (χ3v) is 2.06. The van der Waals surface area contributed by atoms with E-state index in [1.807, 2.05) is 0 Å². The number of nitrogens with zero attached hydrogens (tertiary/aromatic N) is 3. The molecule has 2 aromatic heterocycles. The minimum absolute atomic E-state index is 0.227. The molecule has 78 valence electrons. The molecule has 0 radical (unpaired) electrons. The molecule has 0 bridgehead atoms. The molecule has 0 aliphatic heterocycles. The Labute approximate surface area is 90.5 Å². The lowest BCUT2D eigenvalue weighted by Crippen LogP contribution is -2.05. The Balaban J connectivity index is 2.08. The molecule has 0 spiro atoms. The number of halogens is 1. The highest BCUT2D eigenvalue weighted by molar-refractivity contribution is 6.32. The van der Waals surface area contributed by atoms with Gasteiger partial charge in [0.15, 0.2) is 16.7 Å². The van der Waals surface area contributed by atoms with E-state index in [4.69, 9.17) is 21.9 Å². The summed E-state index contributed by atoms with van der Waals surface area (Å²) in [6, 6.07) is 1.74. The Morgan fingerprint density at radius 3 is 3.07 bits per heavy atom. The molecule has 15 heavy (non-hydrogen) atoms. The van der Waals surface area contributed by atoms with Crippen molar-refractivity contribution in [2.45, 2.75) is 6.54 Å². The van der Waals surface area contributed by atoms with Gasteiger partial charge >= 0.3 is 0 Å². The minimum Gasteiger partial charge on any atom is -0.393 e. The summed E-state index contributed by atoms with van der Waals surface area (Å²) in [7, 11) is 0. The van der Waals surface area contributed by atoms with Crippen molar-refractivity contribution in [1.29, 1.82) is 0 Å². The quantitative estimate of drug-likeness (QED) is 0.766. The molecule has 0 unspecified atom stereocenters. The average Bonchev–Trinajstić information content (AvgIpc) is 2.73. The van der Waals surface area contributed by atoms with Crippen LogP contribution in [0.25, 0.3) is 0 Å². The molecule has 0 aliphatic carbocycles. The number of aromatic nitrogens is 3. The zero-order valence-electron chi connectivity index (χ0n) is 7.64. The third-order valence-electron chi connectivity index (χ3n) is 1.76. The van der Waals surface area contributed by atoms with Crippen molar-refractivity contribution in [1.82, 2.24) is 15.1 Å². The van der Waals surface area contributed by atoms with Gasteiger partial charge in [0, 0.05) is 6.07 Å². The first-order valence-corrected chi connectivity index (χ1v) is 4.54. The molecule has 3 N–H and O–H groups in total. The number of nitrogen functional groups attached to an aromatic ring is 1. The second-order valence-electron chi connectivity index (χ2n) is 2.76. The highest BCUT2D eigenvalue weighted by Gasteiger charge is 2.06. The van der Waals surface area contributed by atoms with E-state index in [1.54, 1.807) is 12.3 Å². The van der Waals surface area contributed by atoms with Gasteiger partial charge in [-0.3, -0.25) is 0 Å². The van der Waals surface area contributed by atoms with Gasteiger partial charge in [-0.2, -0.15) is 0 Å². The predicted octanol–water partition coefficient (Wildman–Crippen LogP) is 1.31. The van der Waals surface area contributed by atoms with Crippen LogP contribution in [0, 0.1) is 0 Å². The average molecular weight is 226 g/mol. The monoisotopic (exact) mass is 225 g/mol. The van der Waals surface area contributed by atoms with Crippen LogP contribution in [0.15, 0.2) is 23.1 Å². The second-order valence-corrected chi connectivity index (χ2v) is 3.12. The van der Waals surface area contributed by atoms with Gasteiger partial charge in [-0.05, 0) is 0 Å². The lowest BCUT2D eigenvalue weighted by molar-refractivity contribution is 0.388. The van der Waals surface area contributed by atoms with Gasteiger partial charge in [0.25, 0.3) is 0 Å². The SMILES string of the molecule is Nc1c(Cl)ncnc1NCc1ccno1. The number of nitrogens with two attached hydrogens (primary N) is 1. The second kappa shape index (κ2) is 4.14. The molecule has 7 heteroatoms. The van der Waals surface area contributed by atoms with Crippen molar-refractivity contribution in [2.24, 2.45) is 0 Å². The highest BCUT2D eigenvalue weighted by atomic mass is 35.5. The smallest absolute Gasteiger partial charge is 0.157 e. The minimum atomic E-state index is 0.227. The van der Waals surface area contributed by atoms with E-state index in [0.717, 1.165) is 0 Å². The van der Waals surface area contributed by atoms with Crippen molar-refractivity contribution < 1.29 is 4.52 Å². The number of rotatable bonds is 3. The molecular formula is C8H8ClN5O. The van der Waals surface area contributed by atoms with Crippen molar-refractivity contribution in [2.75, 3.05) is 11.1 Å². The summed E-state index contributed by atoms with van der Waals surface area (Å²) in [6.07, 6.45) is 2.90. The fourth-order valence-corrected chi connectivity index (χ4v) is 1.15. The molecule has 0 amide bonds. The normalized spacial score (nSPS) is 10.2. The topological polar surface area (TPSA) is 89.9 Å². The molecule has 0 atom stereocenters. The summed E-state index contributed by atoms with van der Waals surface area (Å²) in [6.45, 7) is 0.442. The summed E-state index contributed by atoms with van der Waals surface area (Å²) in [4.78, 5) is 7.68. The van der Waals surface area contributed by atoms with E-state index in [2.05, 4.69) is 20.4 Å². The maximum Gasteiger partial charge on any atom is 0.157 e. The first-order valence-electron chi connectivity index (χ1n) is 4.17. The standard InChI is InChI=1S/C8H8ClN5O/c9-7-6(10)8(13-4-12-7)11-3-5-1-2-14-15-5/h1-2,4H,3,10H2,(H,11,12,13). The zero-order valence-corrected chi connectivity index (χ0v) is 8.40. The first-order chi connectivity index (χ1) is 7.27. The fraction of sp³-hybridized carbons (Fsp3) is 0.125. The highest BCUT2D eigenvalue weighted by Crippen LogP contribution is 2.22. The first kappa shape index (κ1) is 9.72. The van der Waals surface area contributed by atoms with E-state index < -0.39 is 0 Å². The van der Waals surface area contributed by atoms with Crippen LogP contribution in [0.1, 0.15) is 5.76 Å². The van der Waals surface area contributed by atoms with Crippen molar-refractivity contribution >= 4 is 23.1 Å². The zero-order chi connectivity index (χ0) is 10.7. The maximum atomic E-state index is 5.72. The summed E-state index contributed by atoms with van der Waals surface area (Å²) in [5, 5.41) is 6.76. The number of hydrogen-bond donors (Lipinski definition) is 2. The van der Waals surface area contributed by atoms with E-state index in [9.17, 15) is 0 Å². The van der Waals surface area contributed by atoms with Crippen LogP contribution in [-0.2, 0) is 6.54 Å². The van der Waals surface area contributed by atoms with Crippen LogP contribution in [0.5, 0.6) is 0 Å². The van der Waals surface area contributed by atoms with Gasteiger partial charge in [0.2, 0.25) is 0 Å². The fourth-order valence-electron chi connectivity index (χ4n) is 1.02. The molecule has 0 fully saturated rings. The Hall–Kier alpha value is -1.82. The molecule has 0 aliphatic rings. The summed E-state index contributed by atoms with van der Waals surface area (Å²) >= 11 is 5.72. The molecule has 2 rings (SSSR count). The summed E-state index contributed by atoms with van der Waals surface area (Å²) < 4.78 is 4.90. The van der Waals surface area contributed by atoms with Gasteiger partial charge in [-0.25, -0.2) is 9.97 Å². The Bertz CT molecular complexity index is 444. The van der Waals surface area contributed by atoms with Crippen LogP contribution >= 0.6 is 11.6 Å². The van der Waals surface area contributed by atoms with Crippen molar-refractivity contribution in [3.8, 4) is 0 Å². The number of hydrogen-bond acceptors (Lipinski definition) is 6. The molecular weight excluding hydrogens is 218 g/mol. The van der Waals surface area contributed by atoms with E-state index in [1.165, 1.54) is 6.33 Å². The predicted molar refractivity (Wildman–Crippen MR) is 55.3 cm³/mol. The van der Waals surface area contributed by atoms with E-state index >= 15 is 0 Å². The molecule has 2 heterocycles. The van der Waals surface area contributed by atoms with Gasteiger partial charge < -0.3 is 15.6 Å². The molecule has 0 aromatic carbocycles. The van der Waals surface area contributed by atoms with Crippen LogP contribution in [0.3, 0.4) is 0 Å². The molecule has 6 nitrogen and oxygen atoms in total. The Morgan fingerprint density at radius 1 is 1.47 bits per heavy atom. The Kier molecular flexibility index (Phi) is 2.68.